The normalized spacial score (nSPS) is 18.6. The molecule has 3 N–H and O–H groups in total. The lowest BCUT2D eigenvalue weighted by atomic mass is 9.84. The van der Waals surface area contributed by atoms with Gasteiger partial charge in [-0.2, -0.15) is 5.10 Å². The number of aromatic amines is 1. The van der Waals surface area contributed by atoms with Gasteiger partial charge in [0, 0.05) is 6.54 Å². The summed E-state index contributed by atoms with van der Waals surface area (Å²) in [7, 11) is -3.63. The summed E-state index contributed by atoms with van der Waals surface area (Å²) >= 11 is 0. The van der Waals surface area contributed by atoms with Crippen LogP contribution in [0.4, 0.5) is 0 Å². The molecule has 0 radical (unpaired) electrons. The molecule has 1 heterocycles. The van der Waals surface area contributed by atoms with E-state index in [1.165, 1.54) is 12.8 Å². The third kappa shape index (κ3) is 2.89. The van der Waals surface area contributed by atoms with Crippen LogP contribution in [0.25, 0.3) is 0 Å². The van der Waals surface area contributed by atoms with Gasteiger partial charge in [0.25, 0.3) is 0 Å². The van der Waals surface area contributed by atoms with E-state index < -0.39 is 10.0 Å². The lowest BCUT2D eigenvalue weighted by Gasteiger charge is -2.27. The Kier molecular flexibility index (Phi) is 4.51. The average molecular weight is 301 g/mol. The maximum absolute atomic E-state index is 12.4. The van der Waals surface area contributed by atoms with Crippen molar-refractivity contribution in [3.8, 4) is 0 Å². The summed E-state index contributed by atoms with van der Waals surface area (Å²) in [6.45, 7) is 3.83. The molecule has 0 aromatic carbocycles. The minimum atomic E-state index is -3.63. The van der Waals surface area contributed by atoms with Crippen molar-refractivity contribution < 1.29 is 13.5 Å². The van der Waals surface area contributed by atoms with Gasteiger partial charge in [0.2, 0.25) is 10.0 Å². The molecular weight excluding hydrogens is 278 g/mol. The van der Waals surface area contributed by atoms with Crippen LogP contribution in [-0.2, 0) is 16.6 Å². The van der Waals surface area contributed by atoms with Crippen molar-refractivity contribution in [3.05, 3.63) is 11.4 Å². The highest BCUT2D eigenvalue weighted by atomic mass is 32.2. The van der Waals surface area contributed by atoms with Crippen LogP contribution in [0, 0.1) is 12.3 Å². The van der Waals surface area contributed by atoms with Gasteiger partial charge in [-0.15, -0.1) is 0 Å². The molecule has 114 valence electrons. The summed E-state index contributed by atoms with van der Waals surface area (Å²) in [5.74, 6) is 0. The summed E-state index contributed by atoms with van der Waals surface area (Å²) in [6, 6.07) is 0. The van der Waals surface area contributed by atoms with Crippen molar-refractivity contribution in [2.24, 2.45) is 5.41 Å². The minimum absolute atomic E-state index is 0.0873. The zero-order valence-electron chi connectivity index (χ0n) is 12.1. The molecule has 1 saturated carbocycles. The van der Waals surface area contributed by atoms with Gasteiger partial charge in [-0.3, -0.25) is 5.10 Å². The molecule has 0 saturated heterocycles. The van der Waals surface area contributed by atoms with Gasteiger partial charge in [0.15, 0.2) is 0 Å². The van der Waals surface area contributed by atoms with Crippen molar-refractivity contribution in [1.29, 1.82) is 0 Å². The van der Waals surface area contributed by atoms with E-state index in [0.29, 0.717) is 12.2 Å². The third-order valence-corrected chi connectivity index (χ3v) is 6.03. The molecule has 0 aliphatic heterocycles. The second-order valence-corrected chi connectivity index (χ2v) is 7.37. The summed E-state index contributed by atoms with van der Waals surface area (Å²) in [5.41, 5.74) is 0.717. The molecule has 1 aliphatic rings. The van der Waals surface area contributed by atoms with Crippen LogP contribution in [0.5, 0.6) is 0 Å². The van der Waals surface area contributed by atoms with E-state index in [1.54, 1.807) is 6.92 Å². The largest absolute Gasteiger partial charge is 0.390 e. The van der Waals surface area contributed by atoms with E-state index >= 15 is 0 Å². The second-order valence-electron chi connectivity index (χ2n) is 5.67. The molecule has 0 amide bonds. The van der Waals surface area contributed by atoms with Gasteiger partial charge in [0.05, 0.1) is 12.3 Å². The molecule has 0 unspecified atom stereocenters. The first kappa shape index (κ1) is 15.5. The molecular formula is C13H23N3O3S. The van der Waals surface area contributed by atoms with E-state index in [0.717, 1.165) is 19.3 Å². The number of nitrogens with zero attached hydrogens (tertiary/aromatic N) is 1. The van der Waals surface area contributed by atoms with Crippen LogP contribution in [0.1, 0.15) is 50.4 Å². The van der Waals surface area contributed by atoms with E-state index in [2.05, 4.69) is 21.8 Å². The number of H-pyrrole nitrogens is 1. The molecule has 0 atom stereocenters. The zero-order chi connectivity index (χ0) is 14.8. The van der Waals surface area contributed by atoms with Crippen molar-refractivity contribution in [3.63, 3.8) is 0 Å². The predicted octanol–water partition coefficient (Wildman–Crippen LogP) is 1.46. The van der Waals surface area contributed by atoms with Crippen molar-refractivity contribution in [1.82, 2.24) is 14.9 Å². The van der Waals surface area contributed by atoms with Crippen LogP contribution >= 0.6 is 0 Å². The van der Waals surface area contributed by atoms with E-state index in [4.69, 9.17) is 0 Å². The van der Waals surface area contributed by atoms with E-state index in [-0.39, 0.29) is 22.6 Å². The summed E-state index contributed by atoms with van der Waals surface area (Å²) < 4.78 is 27.6. The Morgan fingerprint density at radius 2 is 2.05 bits per heavy atom. The average Bonchev–Trinajstić information content (AvgIpc) is 3.04. The lowest BCUT2D eigenvalue weighted by Crippen LogP contribution is -2.36. The number of aliphatic hydroxyl groups excluding tert-OH is 1. The number of nitrogens with one attached hydrogen (secondary N) is 2. The van der Waals surface area contributed by atoms with Gasteiger partial charge >= 0.3 is 0 Å². The molecule has 1 aromatic heterocycles. The summed E-state index contributed by atoms with van der Waals surface area (Å²) in [5, 5.41) is 15.6. The first-order valence-corrected chi connectivity index (χ1v) is 8.57. The Hall–Kier alpha value is -0.920. The van der Waals surface area contributed by atoms with Gasteiger partial charge in [0.1, 0.15) is 10.6 Å². The molecule has 7 heteroatoms. The maximum Gasteiger partial charge on any atom is 0.244 e. The Balaban J connectivity index is 2.17. The third-order valence-electron chi connectivity index (χ3n) is 4.43. The summed E-state index contributed by atoms with van der Waals surface area (Å²) in [6.07, 6.45) is 5.46. The Labute approximate surface area is 120 Å². The topological polar surface area (TPSA) is 95.1 Å². The van der Waals surface area contributed by atoms with E-state index in [9.17, 15) is 13.5 Å². The van der Waals surface area contributed by atoms with Crippen molar-refractivity contribution >= 4 is 10.0 Å². The van der Waals surface area contributed by atoms with Gasteiger partial charge in [-0.25, -0.2) is 13.1 Å². The highest BCUT2D eigenvalue weighted by molar-refractivity contribution is 7.89. The smallest absolute Gasteiger partial charge is 0.244 e. The van der Waals surface area contributed by atoms with Crippen LogP contribution in [0.15, 0.2) is 4.90 Å². The molecule has 1 fully saturated rings. The second kappa shape index (κ2) is 5.83. The number of hydrogen-bond donors (Lipinski definition) is 3. The molecule has 20 heavy (non-hydrogen) atoms. The van der Waals surface area contributed by atoms with Crippen LogP contribution < -0.4 is 4.72 Å². The van der Waals surface area contributed by atoms with Crippen molar-refractivity contribution in [2.45, 2.75) is 57.5 Å². The molecule has 1 aliphatic carbocycles. The van der Waals surface area contributed by atoms with Gasteiger partial charge in [-0.1, -0.05) is 19.8 Å². The molecule has 6 nitrogen and oxygen atoms in total. The maximum atomic E-state index is 12.4. The van der Waals surface area contributed by atoms with Gasteiger partial charge < -0.3 is 5.11 Å². The first-order valence-electron chi connectivity index (χ1n) is 7.08. The number of sulfonamides is 1. The Morgan fingerprint density at radius 1 is 1.40 bits per heavy atom. The zero-order valence-corrected chi connectivity index (χ0v) is 12.9. The van der Waals surface area contributed by atoms with Crippen LogP contribution in [0.3, 0.4) is 0 Å². The fraction of sp³-hybridized carbons (Fsp3) is 0.769. The summed E-state index contributed by atoms with van der Waals surface area (Å²) in [4.78, 5) is 0.0873. The quantitative estimate of drug-likeness (QED) is 0.741. The highest BCUT2D eigenvalue weighted by Crippen LogP contribution is 2.40. The van der Waals surface area contributed by atoms with Crippen molar-refractivity contribution in [2.75, 3.05) is 6.54 Å². The number of hydrogen-bond acceptors (Lipinski definition) is 4. The Morgan fingerprint density at radius 3 is 2.60 bits per heavy atom. The van der Waals surface area contributed by atoms with Gasteiger partial charge in [-0.05, 0) is 31.6 Å². The van der Waals surface area contributed by atoms with Crippen LogP contribution in [0.2, 0.25) is 0 Å². The molecule has 1 aromatic rings. The minimum Gasteiger partial charge on any atom is -0.390 e. The molecule has 0 spiro atoms. The molecule has 0 bridgehead atoms. The van der Waals surface area contributed by atoms with Crippen LogP contribution in [-0.4, -0.2) is 30.3 Å². The fourth-order valence-electron chi connectivity index (χ4n) is 3.03. The number of aryl methyl sites for hydroxylation is 1. The molecule has 2 rings (SSSR count). The number of aliphatic hydroxyl groups is 1. The highest BCUT2D eigenvalue weighted by Gasteiger charge is 2.34. The SMILES string of the molecule is CCC1(CNS(=O)(=O)c2c(CO)n[nH]c2C)CCCC1. The number of aromatic nitrogens is 2. The number of rotatable bonds is 6. The van der Waals surface area contributed by atoms with E-state index in [1.807, 2.05) is 0 Å². The lowest BCUT2D eigenvalue weighted by molar-refractivity contribution is 0.272. The standard InChI is InChI=1S/C13H23N3O3S/c1-3-13(6-4-5-7-13)9-14-20(18,19)12-10(2)15-16-11(12)8-17/h14,17H,3-9H2,1-2H3,(H,15,16). The predicted molar refractivity (Wildman–Crippen MR) is 75.6 cm³/mol. The monoisotopic (exact) mass is 301 g/mol. The fourth-order valence-corrected chi connectivity index (χ4v) is 4.54. The Bertz CT molecular complexity index is 559. The first-order chi connectivity index (χ1) is 9.44.